The molecule has 0 aliphatic carbocycles. The number of hydrogen-bond donors (Lipinski definition) is 0. The topological polar surface area (TPSA) is 4.36 Å². The molecule has 0 aliphatic rings. The summed E-state index contributed by atoms with van der Waals surface area (Å²) in [6, 6.07) is 0. The van der Waals surface area contributed by atoms with Crippen molar-refractivity contribution in [2.24, 2.45) is 0 Å². The van der Waals surface area contributed by atoms with Gasteiger partial charge in [0.2, 0.25) is 0 Å². The lowest BCUT2D eigenvalue weighted by Crippen LogP contribution is -1.91. The molecular formula is C2BrF2N. The zero-order valence-corrected chi connectivity index (χ0v) is 4.17. The van der Waals surface area contributed by atoms with E-state index in [1.807, 2.05) is 4.85 Å². The highest BCUT2D eigenvalue weighted by atomic mass is 79.9. The van der Waals surface area contributed by atoms with E-state index >= 15 is 0 Å². The van der Waals surface area contributed by atoms with Crippen LogP contribution in [0.15, 0.2) is 0 Å². The number of halogens is 3. The Morgan fingerprint density at radius 2 is 1.83 bits per heavy atom. The summed E-state index contributed by atoms with van der Waals surface area (Å²) in [5, 5.41) is 0. The van der Waals surface area contributed by atoms with Crippen molar-refractivity contribution in [3.05, 3.63) is 11.4 Å². The molecule has 0 heterocycles. The van der Waals surface area contributed by atoms with Crippen molar-refractivity contribution in [2.45, 2.75) is 4.96 Å². The van der Waals surface area contributed by atoms with Gasteiger partial charge in [0.25, 0.3) is 0 Å². The molecule has 0 saturated carbocycles. The molecule has 0 bridgehead atoms. The second-order valence-corrected chi connectivity index (χ2v) is 1.53. The zero-order chi connectivity index (χ0) is 5.21. The van der Waals surface area contributed by atoms with E-state index in [0.29, 0.717) is 0 Å². The molecule has 0 amide bonds. The first-order valence-electron chi connectivity index (χ1n) is 1.01. The highest BCUT2D eigenvalue weighted by molar-refractivity contribution is 9.10. The molecule has 0 N–H and O–H groups in total. The van der Waals surface area contributed by atoms with E-state index in [1.54, 1.807) is 15.9 Å². The Kier molecular flexibility index (Phi) is 1.48. The molecule has 0 radical (unpaired) electrons. The van der Waals surface area contributed by atoms with Crippen LogP contribution < -0.4 is 0 Å². The predicted octanol–water partition coefficient (Wildman–Crippen LogP) is 1.85. The molecule has 0 aromatic rings. The van der Waals surface area contributed by atoms with Crippen LogP contribution in [0.1, 0.15) is 0 Å². The fraction of sp³-hybridized carbons (Fsp3) is 0.500. The Morgan fingerprint density at radius 1 is 1.67 bits per heavy atom. The molecule has 0 unspecified atom stereocenters. The molecule has 0 aliphatic heterocycles. The van der Waals surface area contributed by atoms with Gasteiger partial charge in [-0.1, -0.05) is 0 Å². The first kappa shape index (κ1) is 5.83. The highest BCUT2D eigenvalue weighted by Crippen LogP contribution is 2.21. The minimum absolute atomic E-state index is 1.79. The third kappa shape index (κ3) is 3.83. The second kappa shape index (κ2) is 1.52. The van der Waals surface area contributed by atoms with Crippen molar-refractivity contribution >= 4 is 15.9 Å². The third-order valence-corrected chi connectivity index (χ3v) is 0.304. The fourth-order valence-electron chi connectivity index (χ4n) is 0. The average molecular weight is 156 g/mol. The number of hydrogen-bond acceptors (Lipinski definition) is 0. The predicted molar refractivity (Wildman–Crippen MR) is 20.5 cm³/mol. The summed E-state index contributed by atoms with van der Waals surface area (Å²) in [5.74, 6) is 0. The van der Waals surface area contributed by atoms with E-state index in [0.717, 1.165) is 0 Å². The van der Waals surface area contributed by atoms with Crippen LogP contribution in [0, 0.1) is 6.57 Å². The largest absolute Gasteiger partial charge is 0.588 e. The lowest BCUT2D eigenvalue weighted by atomic mass is 11.3. The summed E-state index contributed by atoms with van der Waals surface area (Å²) < 4.78 is 22.0. The maximum Gasteiger partial charge on any atom is 0.588 e. The van der Waals surface area contributed by atoms with Crippen LogP contribution in [0.25, 0.3) is 4.85 Å². The van der Waals surface area contributed by atoms with Gasteiger partial charge < -0.3 is 0 Å². The van der Waals surface area contributed by atoms with Crippen LogP contribution in [-0.2, 0) is 0 Å². The van der Waals surface area contributed by atoms with Gasteiger partial charge in [-0.2, -0.15) is 0 Å². The molecule has 0 fully saturated rings. The minimum Gasteiger partial charge on any atom is -0.231 e. The van der Waals surface area contributed by atoms with E-state index in [9.17, 15) is 8.78 Å². The lowest BCUT2D eigenvalue weighted by Gasteiger charge is -1.82. The fourth-order valence-corrected chi connectivity index (χ4v) is 0. The van der Waals surface area contributed by atoms with Crippen molar-refractivity contribution in [1.29, 1.82) is 0 Å². The van der Waals surface area contributed by atoms with Gasteiger partial charge in [0, 0.05) is 0 Å². The monoisotopic (exact) mass is 155 g/mol. The molecule has 34 valence electrons. The van der Waals surface area contributed by atoms with Crippen LogP contribution in [0.2, 0.25) is 0 Å². The lowest BCUT2D eigenvalue weighted by molar-refractivity contribution is 0.168. The Labute approximate surface area is 41.9 Å². The molecule has 0 aromatic heterocycles. The van der Waals surface area contributed by atoms with Gasteiger partial charge >= 0.3 is 4.96 Å². The zero-order valence-electron chi connectivity index (χ0n) is 2.58. The summed E-state index contributed by atoms with van der Waals surface area (Å²) in [5.41, 5.74) is 0. The maximum atomic E-state index is 11.0. The maximum absolute atomic E-state index is 11.0. The van der Waals surface area contributed by atoms with Crippen molar-refractivity contribution < 1.29 is 8.78 Å². The highest BCUT2D eigenvalue weighted by Gasteiger charge is 2.29. The van der Waals surface area contributed by atoms with Crippen molar-refractivity contribution in [1.82, 2.24) is 0 Å². The van der Waals surface area contributed by atoms with E-state index in [1.165, 1.54) is 0 Å². The SMILES string of the molecule is [C-]#[N+]C(F)(F)Br. The minimum atomic E-state index is -3.35. The van der Waals surface area contributed by atoms with Gasteiger partial charge in [-0.05, 0) is 0 Å². The Morgan fingerprint density at radius 3 is 1.83 bits per heavy atom. The quantitative estimate of drug-likeness (QED) is 0.286. The molecule has 0 rings (SSSR count). The summed E-state index contributed by atoms with van der Waals surface area (Å²) >= 11 is 1.79. The van der Waals surface area contributed by atoms with Crippen molar-refractivity contribution in [3.8, 4) is 0 Å². The molecule has 0 saturated heterocycles. The van der Waals surface area contributed by atoms with E-state index in [4.69, 9.17) is 6.57 Å². The molecule has 0 atom stereocenters. The van der Waals surface area contributed by atoms with E-state index < -0.39 is 4.96 Å². The van der Waals surface area contributed by atoms with Crippen LogP contribution in [0.3, 0.4) is 0 Å². The van der Waals surface area contributed by atoms with Gasteiger partial charge in [-0.15, -0.1) is 8.78 Å². The second-order valence-electron chi connectivity index (χ2n) is 0.580. The molecule has 6 heavy (non-hydrogen) atoms. The Bertz CT molecular complexity index is 78.5. The Hall–Kier alpha value is -0.170. The van der Waals surface area contributed by atoms with Gasteiger partial charge in [-0.3, -0.25) is 0 Å². The summed E-state index contributed by atoms with van der Waals surface area (Å²) in [4.78, 5) is -1.50. The normalized spacial score (nSPS) is 10.3. The molecular weight excluding hydrogens is 156 g/mol. The molecule has 1 nitrogen and oxygen atoms in total. The first-order valence-corrected chi connectivity index (χ1v) is 1.81. The third-order valence-electron chi connectivity index (χ3n) is 0.127. The molecule has 4 heteroatoms. The van der Waals surface area contributed by atoms with Gasteiger partial charge in [0.05, 0.1) is 0 Å². The van der Waals surface area contributed by atoms with Crippen molar-refractivity contribution in [3.63, 3.8) is 0 Å². The Balaban J connectivity index is 3.55. The molecule has 0 aromatic carbocycles. The number of nitrogens with zero attached hydrogens (tertiary/aromatic N) is 1. The standard InChI is InChI=1S/C2BrF2N/c1-6-2(3,4)5. The summed E-state index contributed by atoms with van der Waals surface area (Å²) in [6.45, 7) is 5.68. The average Bonchev–Trinajstić information content (AvgIpc) is 1.35. The van der Waals surface area contributed by atoms with Crippen molar-refractivity contribution in [2.75, 3.05) is 0 Å². The summed E-state index contributed by atoms with van der Waals surface area (Å²) in [6.07, 6.45) is 0. The van der Waals surface area contributed by atoms with Crippen LogP contribution in [0.5, 0.6) is 0 Å². The van der Waals surface area contributed by atoms with E-state index in [-0.39, 0.29) is 0 Å². The van der Waals surface area contributed by atoms with Crippen LogP contribution >= 0.6 is 15.9 Å². The van der Waals surface area contributed by atoms with Crippen LogP contribution in [0.4, 0.5) is 8.78 Å². The smallest absolute Gasteiger partial charge is 0.231 e. The molecule has 0 spiro atoms. The number of rotatable bonds is 0. The van der Waals surface area contributed by atoms with Crippen LogP contribution in [-0.4, -0.2) is 4.96 Å². The summed E-state index contributed by atoms with van der Waals surface area (Å²) in [7, 11) is 0. The van der Waals surface area contributed by atoms with Gasteiger partial charge in [0.1, 0.15) is 15.9 Å². The first-order chi connectivity index (χ1) is 2.56. The van der Waals surface area contributed by atoms with Gasteiger partial charge in [-0.25, -0.2) is 11.4 Å². The van der Waals surface area contributed by atoms with Gasteiger partial charge in [0.15, 0.2) is 0 Å². The van der Waals surface area contributed by atoms with E-state index in [2.05, 4.69) is 0 Å². The number of alkyl halides is 3.